The number of unbranched alkanes of at least 4 members (excludes halogenated alkanes) is 1. The number of benzene rings is 3. The molecule has 7 heteroatoms. The smallest absolute Gasteiger partial charge is 0.310 e. The summed E-state index contributed by atoms with van der Waals surface area (Å²) in [4.78, 5) is 37.7. The van der Waals surface area contributed by atoms with Crippen LogP contribution in [0.1, 0.15) is 52.7 Å². The van der Waals surface area contributed by atoms with E-state index in [1.54, 1.807) is 6.20 Å². The number of esters is 2. The SMILES string of the molecule is C=CCOC(=O)CCC(=O)n1cc(CC(=O)OCC=C)c2c(C=Cc3ccc(OCCCCc4ccccc4)cc3)cccc21. The van der Waals surface area contributed by atoms with Gasteiger partial charge in [0.1, 0.15) is 19.0 Å². The van der Waals surface area contributed by atoms with Crippen molar-refractivity contribution in [3.8, 4) is 5.75 Å². The largest absolute Gasteiger partial charge is 0.494 e. The maximum absolute atomic E-state index is 13.2. The molecule has 4 rings (SSSR count). The van der Waals surface area contributed by atoms with E-state index in [4.69, 9.17) is 14.2 Å². The fourth-order valence-corrected chi connectivity index (χ4v) is 4.92. The third kappa shape index (κ3) is 9.93. The predicted octanol–water partition coefficient (Wildman–Crippen LogP) is 7.63. The van der Waals surface area contributed by atoms with Crippen molar-refractivity contribution < 1.29 is 28.6 Å². The van der Waals surface area contributed by atoms with Crippen LogP contribution in [0.5, 0.6) is 5.75 Å². The van der Waals surface area contributed by atoms with Gasteiger partial charge in [0.05, 0.1) is 25.0 Å². The lowest BCUT2D eigenvalue weighted by molar-refractivity contribution is -0.142. The Bertz CT molecular complexity index is 1630. The minimum atomic E-state index is -0.476. The van der Waals surface area contributed by atoms with Gasteiger partial charge in [-0.2, -0.15) is 0 Å². The van der Waals surface area contributed by atoms with Gasteiger partial charge in [0.15, 0.2) is 0 Å². The maximum atomic E-state index is 13.2. The Balaban J connectivity index is 1.46. The summed E-state index contributed by atoms with van der Waals surface area (Å²) in [5.74, 6) is -0.365. The van der Waals surface area contributed by atoms with Crippen molar-refractivity contribution >= 4 is 40.9 Å². The number of nitrogens with zero attached hydrogens (tertiary/aromatic N) is 1. The van der Waals surface area contributed by atoms with Crippen LogP contribution < -0.4 is 4.74 Å². The standard InChI is InChI=1S/C38H39NO6/c1-3-24-44-36(41)23-22-35(40)39-28-32(27-37(42)45-25-4-2)38-31(14-10-15-34(38)39)19-16-30-17-20-33(21-18-30)43-26-9-8-13-29-11-6-5-7-12-29/h3-7,10-12,14-21,28H,1-2,8-9,13,22-27H2. The van der Waals surface area contributed by atoms with Crippen LogP contribution in [0.4, 0.5) is 0 Å². The second-order valence-electron chi connectivity index (χ2n) is 10.5. The van der Waals surface area contributed by atoms with E-state index in [1.807, 2.05) is 60.7 Å². The summed E-state index contributed by atoms with van der Waals surface area (Å²) in [6.07, 6.45) is 11.5. The summed E-state index contributed by atoms with van der Waals surface area (Å²) in [6, 6.07) is 24.0. The summed E-state index contributed by atoms with van der Waals surface area (Å²) < 4.78 is 17.7. The van der Waals surface area contributed by atoms with E-state index in [-0.39, 0.29) is 38.4 Å². The van der Waals surface area contributed by atoms with Gasteiger partial charge in [-0.1, -0.05) is 92.1 Å². The van der Waals surface area contributed by atoms with Gasteiger partial charge < -0.3 is 14.2 Å². The zero-order valence-corrected chi connectivity index (χ0v) is 25.5. The van der Waals surface area contributed by atoms with Gasteiger partial charge >= 0.3 is 11.9 Å². The van der Waals surface area contributed by atoms with Crippen LogP contribution in [0, 0.1) is 0 Å². The number of hydrogen-bond donors (Lipinski definition) is 0. The third-order valence-electron chi connectivity index (χ3n) is 7.12. The zero-order chi connectivity index (χ0) is 31.9. The zero-order valence-electron chi connectivity index (χ0n) is 25.5. The predicted molar refractivity (Wildman–Crippen MR) is 178 cm³/mol. The summed E-state index contributed by atoms with van der Waals surface area (Å²) in [5.41, 5.74) is 4.45. The number of carbonyl (C=O) groups excluding carboxylic acids is 3. The van der Waals surface area contributed by atoms with Crippen LogP contribution in [0.15, 0.2) is 104 Å². The van der Waals surface area contributed by atoms with Gasteiger partial charge in [-0.05, 0) is 59.7 Å². The molecule has 4 aromatic rings. The third-order valence-corrected chi connectivity index (χ3v) is 7.12. The molecule has 0 saturated carbocycles. The Labute approximate surface area is 264 Å². The summed E-state index contributed by atoms with van der Waals surface area (Å²) in [5, 5.41) is 0.766. The molecule has 0 aliphatic rings. The molecule has 232 valence electrons. The first kappa shape index (κ1) is 32.7. The van der Waals surface area contributed by atoms with Gasteiger partial charge in [0, 0.05) is 18.0 Å². The Morgan fingerprint density at radius 3 is 2.22 bits per heavy atom. The molecule has 45 heavy (non-hydrogen) atoms. The monoisotopic (exact) mass is 605 g/mol. The van der Waals surface area contributed by atoms with E-state index in [9.17, 15) is 14.4 Å². The molecule has 0 bridgehead atoms. The average Bonchev–Trinajstić information content (AvgIpc) is 3.43. The van der Waals surface area contributed by atoms with Crippen LogP contribution in [0.2, 0.25) is 0 Å². The van der Waals surface area contributed by atoms with Gasteiger partial charge in [0.25, 0.3) is 0 Å². The van der Waals surface area contributed by atoms with Crippen molar-refractivity contribution in [2.75, 3.05) is 19.8 Å². The van der Waals surface area contributed by atoms with E-state index in [1.165, 1.54) is 22.3 Å². The molecule has 0 atom stereocenters. The first-order valence-electron chi connectivity index (χ1n) is 15.1. The number of rotatable bonds is 17. The van der Waals surface area contributed by atoms with Crippen molar-refractivity contribution in [2.45, 2.75) is 38.5 Å². The maximum Gasteiger partial charge on any atom is 0.310 e. The first-order valence-corrected chi connectivity index (χ1v) is 15.1. The molecule has 0 amide bonds. The highest BCUT2D eigenvalue weighted by Crippen LogP contribution is 2.28. The Morgan fingerprint density at radius 1 is 0.756 bits per heavy atom. The quantitative estimate of drug-likeness (QED) is 0.0533. The summed E-state index contributed by atoms with van der Waals surface area (Å²) in [7, 11) is 0. The van der Waals surface area contributed by atoms with Gasteiger partial charge in [-0.25, -0.2) is 0 Å². The number of fused-ring (bicyclic) bond motifs is 1. The second kappa shape index (κ2) is 17.2. The van der Waals surface area contributed by atoms with Crippen LogP contribution in [-0.2, 0) is 31.9 Å². The van der Waals surface area contributed by atoms with Crippen molar-refractivity contribution in [3.05, 3.63) is 127 Å². The molecule has 0 spiro atoms. The van der Waals surface area contributed by atoms with Crippen LogP contribution in [-0.4, -0.2) is 42.2 Å². The first-order chi connectivity index (χ1) is 22.0. The summed E-state index contributed by atoms with van der Waals surface area (Å²) in [6.45, 7) is 7.97. The van der Waals surface area contributed by atoms with E-state index >= 15 is 0 Å². The highest BCUT2D eigenvalue weighted by molar-refractivity contribution is 6.01. The average molecular weight is 606 g/mol. The van der Waals surface area contributed by atoms with Crippen molar-refractivity contribution in [1.29, 1.82) is 0 Å². The summed E-state index contributed by atoms with van der Waals surface area (Å²) >= 11 is 0. The highest BCUT2D eigenvalue weighted by Gasteiger charge is 2.19. The fourth-order valence-electron chi connectivity index (χ4n) is 4.92. The lowest BCUT2D eigenvalue weighted by atomic mass is 10.0. The Kier molecular flexibility index (Phi) is 12.5. The lowest BCUT2D eigenvalue weighted by Gasteiger charge is -2.07. The highest BCUT2D eigenvalue weighted by atomic mass is 16.5. The molecular formula is C38H39NO6. The molecule has 3 aromatic carbocycles. The number of aryl methyl sites for hydroxylation is 1. The van der Waals surface area contributed by atoms with E-state index in [2.05, 4.69) is 37.4 Å². The molecule has 0 unspecified atom stereocenters. The molecule has 1 aromatic heterocycles. The number of hydrogen-bond acceptors (Lipinski definition) is 6. The van der Waals surface area contributed by atoms with Gasteiger partial charge in [-0.15, -0.1) is 0 Å². The molecule has 1 heterocycles. The molecule has 7 nitrogen and oxygen atoms in total. The Morgan fingerprint density at radius 2 is 1.49 bits per heavy atom. The van der Waals surface area contributed by atoms with Crippen molar-refractivity contribution in [2.24, 2.45) is 0 Å². The van der Waals surface area contributed by atoms with E-state index < -0.39 is 11.9 Å². The fraction of sp³-hybridized carbons (Fsp3) is 0.237. The number of carbonyl (C=O) groups is 3. The van der Waals surface area contributed by atoms with Crippen molar-refractivity contribution in [3.63, 3.8) is 0 Å². The molecule has 0 aliphatic heterocycles. The molecule has 0 aliphatic carbocycles. The lowest BCUT2D eigenvalue weighted by Crippen LogP contribution is -2.13. The minimum Gasteiger partial charge on any atom is -0.494 e. The van der Waals surface area contributed by atoms with Crippen LogP contribution >= 0.6 is 0 Å². The molecule has 0 N–H and O–H groups in total. The van der Waals surface area contributed by atoms with Crippen molar-refractivity contribution in [1.82, 2.24) is 4.57 Å². The van der Waals surface area contributed by atoms with Crippen LogP contribution in [0.3, 0.4) is 0 Å². The second-order valence-corrected chi connectivity index (χ2v) is 10.5. The molecule has 0 saturated heterocycles. The van der Waals surface area contributed by atoms with E-state index in [0.29, 0.717) is 17.7 Å². The molecule has 0 fully saturated rings. The Hall–Kier alpha value is -5.17. The van der Waals surface area contributed by atoms with E-state index in [0.717, 1.165) is 41.5 Å². The topological polar surface area (TPSA) is 83.8 Å². The van der Waals surface area contributed by atoms with Gasteiger partial charge in [0.2, 0.25) is 5.91 Å². The number of ether oxygens (including phenoxy) is 3. The number of aromatic nitrogens is 1. The minimum absolute atomic E-state index is 0.0196. The molecular weight excluding hydrogens is 566 g/mol. The van der Waals surface area contributed by atoms with Crippen LogP contribution in [0.25, 0.3) is 23.1 Å². The van der Waals surface area contributed by atoms with Gasteiger partial charge in [-0.3, -0.25) is 19.0 Å². The molecule has 0 radical (unpaired) electrons. The normalized spacial score (nSPS) is 10.9.